The maximum atomic E-state index is 12.5. The molecule has 1 aromatic carbocycles. The number of carbonyl (C=O) groups excluding carboxylic acids is 3. The van der Waals surface area contributed by atoms with Crippen LogP contribution >= 0.6 is 0 Å². The summed E-state index contributed by atoms with van der Waals surface area (Å²) in [7, 11) is 4.80. The van der Waals surface area contributed by atoms with Crippen LogP contribution in [0.3, 0.4) is 0 Å². The van der Waals surface area contributed by atoms with E-state index in [9.17, 15) is 14.4 Å². The third-order valence-electron chi connectivity index (χ3n) is 5.91. The van der Waals surface area contributed by atoms with Crippen molar-refractivity contribution >= 4 is 41.9 Å². The van der Waals surface area contributed by atoms with Gasteiger partial charge < -0.3 is 36.6 Å². The molecule has 38 heavy (non-hydrogen) atoms. The third-order valence-corrected chi connectivity index (χ3v) is 5.91. The lowest BCUT2D eigenvalue weighted by Crippen LogP contribution is -2.36. The largest absolute Gasteiger partial charge is 0.495 e. The molecule has 0 spiro atoms. The van der Waals surface area contributed by atoms with Crippen molar-refractivity contribution in [2.24, 2.45) is 16.5 Å². The first kappa shape index (κ1) is 27.9. The van der Waals surface area contributed by atoms with Crippen molar-refractivity contribution in [1.82, 2.24) is 19.8 Å². The average molecular weight is 524 g/mol. The Balaban J connectivity index is 1.88. The molecule has 0 aliphatic carbocycles. The first-order valence-electron chi connectivity index (χ1n) is 11.9. The molecule has 202 valence electrons. The summed E-state index contributed by atoms with van der Waals surface area (Å²) >= 11 is 0. The van der Waals surface area contributed by atoms with E-state index in [0.717, 1.165) is 25.8 Å². The Morgan fingerprint density at radius 3 is 2.71 bits per heavy atom. The third kappa shape index (κ3) is 6.75. The van der Waals surface area contributed by atoms with Crippen LogP contribution in [0.15, 0.2) is 35.2 Å². The Morgan fingerprint density at radius 2 is 2.08 bits per heavy atom. The van der Waals surface area contributed by atoms with Crippen molar-refractivity contribution in [2.45, 2.75) is 25.8 Å². The number of ether oxygens (including phenoxy) is 1. The number of rotatable bonds is 10. The molecule has 3 rings (SSSR count). The van der Waals surface area contributed by atoms with Gasteiger partial charge in [-0.05, 0) is 37.5 Å². The van der Waals surface area contributed by atoms with Crippen LogP contribution in [0, 0.1) is 6.92 Å². The monoisotopic (exact) mass is 523 g/mol. The average Bonchev–Trinajstić information content (AvgIpc) is 2.91. The zero-order valence-corrected chi connectivity index (χ0v) is 21.9. The molecular weight excluding hydrogens is 490 g/mol. The number of hydrogen-bond acceptors (Lipinski definition) is 10. The van der Waals surface area contributed by atoms with E-state index in [0.29, 0.717) is 34.8 Å². The van der Waals surface area contributed by atoms with Gasteiger partial charge in [-0.25, -0.2) is 4.98 Å². The summed E-state index contributed by atoms with van der Waals surface area (Å²) in [6.45, 7) is 3.06. The highest BCUT2D eigenvalue weighted by atomic mass is 16.5. The van der Waals surface area contributed by atoms with Crippen LogP contribution in [0.1, 0.15) is 39.1 Å². The second kappa shape index (κ2) is 12.5. The molecular formula is C25H33N9O4. The number of aryl methyl sites for hydroxylation is 1. The zero-order chi connectivity index (χ0) is 27.8. The highest BCUT2D eigenvalue weighted by Crippen LogP contribution is 2.33. The number of likely N-dealkylation sites (tertiary alicyclic amines) is 1. The fourth-order valence-corrected chi connectivity index (χ4v) is 3.93. The molecule has 0 bridgehead atoms. The summed E-state index contributed by atoms with van der Waals surface area (Å²) in [6.07, 6.45) is 6.72. The lowest BCUT2D eigenvalue weighted by Gasteiger charge is -2.27. The smallest absolute Gasteiger partial charge is 0.254 e. The number of amides is 3. The molecule has 1 aliphatic heterocycles. The van der Waals surface area contributed by atoms with Gasteiger partial charge in [-0.3, -0.25) is 19.4 Å². The molecule has 1 fully saturated rings. The van der Waals surface area contributed by atoms with Crippen molar-refractivity contribution in [1.29, 1.82) is 0 Å². The Bertz CT molecular complexity index is 1260. The summed E-state index contributed by atoms with van der Waals surface area (Å²) < 4.78 is 5.51. The molecule has 13 heteroatoms. The number of nitrogens with two attached hydrogens (primary N) is 2. The molecule has 1 saturated heterocycles. The van der Waals surface area contributed by atoms with Crippen LogP contribution in [-0.2, 0) is 4.79 Å². The van der Waals surface area contributed by atoms with Crippen molar-refractivity contribution in [3.63, 3.8) is 0 Å². The summed E-state index contributed by atoms with van der Waals surface area (Å²) in [4.78, 5) is 51.9. The molecule has 1 atom stereocenters. The second-order valence-corrected chi connectivity index (χ2v) is 8.94. The zero-order valence-electron chi connectivity index (χ0n) is 21.9. The highest BCUT2D eigenvalue weighted by Gasteiger charge is 2.20. The number of piperidine rings is 1. The number of carbonyl (C=O) groups is 3. The molecule has 3 amide bonds. The van der Waals surface area contributed by atoms with Gasteiger partial charge in [0.15, 0.2) is 0 Å². The van der Waals surface area contributed by atoms with Crippen LogP contribution in [0.5, 0.6) is 5.75 Å². The Labute approximate surface area is 220 Å². The van der Waals surface area contributed by atoms with E-state index in [4.69, 9.17) is 16.2 Å². The summed E-state index contributed by atoms with van der Waals surface area (Å²) in [5.74, 6) is -0.271. The quantitative estimate of drug-likeness (QED) is 0.263. The van der Waals surface area contributed by atoms with Crippen molar-refractivity contribution in [3.05, 3.63) is 46.9 Å². The minimum Gasteiger partial charge on any atom is -0.495 e. The van der Waals surface area contributed by atoms with Crippen LogP contribution in [-0.4, -0.2) is 84.5 Å². The van der Waals surface area contributed by atoms with Crippen LogP contribution in [0.2, 0.25) is 0 Å². The Hall–Kier alpha value is -4.68. The van der Waals surface area contributed by atoms with Crippen molar-refractivity contribution in [3.8, 4) is 5.75 Å². The van der Waals surface area contributed by atoms with Gasteiger partial charge in [0.2, 0.25) is 12.4 Å². The van der Waals surface area contributed by atoms with E-state index in [2.05, 4.69) is 25.6 Å². The van der Waals surface area contributed by atoms with Gasteiger partial charge in [-0.15, -0.1) is 0 Å². The molecule has 13 nitrogen and oxygen atoms in total. The number of aromatic nitrogens is 2. The second-order valence-electron chi connectivity index (χ2n) is 8.94. The van der Waals surface area contributed by atoms with Gasteiger partial charge in [0.25, 0.3) is 11.8 Å². The fourth-order valence-electron chi connectivity index (χ4n) is 3.93. The van der Waals surface area contributed by atoms with Gasteiger partial charge in [0, 0.05) is 51.4 Å². The predicted octanol–water partition coefficient (Wildman–Crippen LogP) is 1.24. The number of allylic oxidation sites excluding steroid dienone is 1. The number of benzene rings is 1. The van der Waals surface area contributed by atoms with Gasteiger partial charge in [0.1, 0.15) is 17.1 Å². The molecule has 1 unspecified atom stereocenters. The van der Waals surface area contributed by atoms with E-state index in [1.807, 2.05) is 0 Å². The summed E-state index contributed by atoms with van der Waals surface area (Å²) in [5.41, 5.74) is 13.4. The van der Waals surface area contributed by atoms with Crippen LogP contribution in [0.4, 0.5) is 17.5 Å². The van der Waals surface area contributed by atoms with Crippen LogP contribution < -0.4 is 26.8 Å². The molecule has 0 radical (unpaired) electrons. The molecule has 2 heterocycles. The number of nitrogens with zero attached hydrogens (tertiary/aromatic N) is 5. The number of nitrogens with one attached hydrogen (secondary N) is 2. The van der Waals surface area contributed by atoms with E-state index >= 15 is 0 Å². The fraction of sp³-hybridized carbons (Fsp3) is 0.360. The molecule has 6 N–H and O–H groups in total. The summed E-state index contributed by atoms with van der Waals surface area (Å²) in [6, 6.07) is 3.27. The highest BCUT2D eigenvalue weighted by molar-refractivity contribution is 5.99. The first-order chi connectivity index (χ1) is 18.2. The first-order valence-corrected chi connectivity index (χ1v) is 11.9. The minimum absolute atomic E-state index is 0.0427. The van der Waals surface area contributed by atoms with Gasteiger partial charge in [0.05, 0.1) is 24.5 Å². The van der Waals surface area contributed by atoms with E-state index < -0.39 is 5.91 Å². The van der Waals surface area contributed by atoms with E-state index in [-0.39, 0.29) is 29.3 Å². The standard InChI is InChI=1S/C25H33N9O4/c1-15-8-16(24(37)33(2)3)9-20(38-4)21(15)31-23-19(22(27)36)12-29-25(32-23)30-18(10-26)11-28-17-6-5-7-34(13-17)14-35/h8-12,14,17H,5-7,13,26H2,1-4H3,(H2,27,36)(H2,29,30,31,32). The number of methoxy groups -OCH3 is 1. The molecule has 0 saturated carbocycles. The topological polar surface area (TPSA) is 181 Å². The Morgan fingerprint density at radius 1 is 1.32 bits per heavy atom. The number of anilines is 3. The Kier molecular flexibility index (Phi) is 9.19. The predicted molar refractivity (Wildman–Crippen MR) is 145 cm³/mol. The van der Waals surface area contributed by atoms with Gasteiger partial charge in [-0.2, -0.15) is 4.98 Å². The normalized spacial score (nSPS) is 15.7. The van der Waals surface area contributed by atoms with Gasteiger partial charge >= 0.3 is 0 Å². The number of primary amides is 1. The maximum Gasteiger partial charge on any atom is 0.254 e. The van der Waals surface area contributed by atoms with E-state index in [1.165, 1.54) is 24.4 Å². The number of aliphatic imine (C=N–C) groups is 1. The van der Waals surface area contributed by atoms with Crippen molar-refractivity contribution in [2.75, 3.05) is 44.9 Å². The van der Waals surface area contributed by atoms with Crippen molar-refractivity contribution < 1.29 is 19.1 Å². The van der Waals surface area contributed by atoms with Crippen LogP contribution in [0.25, 0.3) is 0 Å². The molecule has 1 aromatic heterocycles. The minimum atomic E-state index is -0.733. The molecule has 1 aliphatic rings. The lowest BCUT2D eigenvalue weighted by molar-refractivity contribution is -0.119. The number of hydrogen-bond donors (Lipinski definition) is 4. The molecule has 2 aromatic rings. The SMILES string of the molecule is COc1cc(C(=O)N(C)C)cc(C)c1Nc1nc(NC(C=NC2CCCN(C=O)C2)=CN)ncc1C(N)=O. The summed E-state index contributed by atoms with van der Waals surface area (Å²) in [5, 5.41) is 6.07. The van der Waals surface area contributed by atoms with Gasteiger partial charge in [-0.1, -0.05) is 0 Å². The maximum absolute atomic E-state index is 12.5. The lowest BCUT2D eigenvalue weighted by atomic mass is 10.1. The van der Waals surface area contributed by atoms with E-state index in [1.54, 1.807) is 44.3 Å².